The van der Waals surface area contributed by atoms with Crippen LogP contribution in [0.2, 0.25) is 0 Å². The molecule has 0 fully saturated rings. The molecule has 13 heavy (non-hydrogen) atoms. The van der Waals surface area contributed by atoms with Crippen LogP contribution in [0.1, 0.15) is 27.7 Å². The molecular weight excluding hydrogens is 300 g/mol. The number of carboxylic acid groups (broad SMARTS) is 1. The van der Waals surface area contributed by atoms with E-state index in [1.165, 1.54) is 0 Å². The summed E-state index contributed by atoms with van der Waals surface area (Å²) in [5.41, 5.74) is 1.25. The van der Waals surface area contributed by atoms with Crippen molar-refractivity contribution in [1.82, 2.24) is 0 Å². The average molecular weight is 308 g/mol. The van der Waals surface area contributed by atoms with E-state index >= 15 is 0 Å². The number of carbonyl (C=O) groups is 1. The molecule has 1 aromatic carbocycles. The number of halogens is 2. The maximum absolute atomic E-state index is 10.8. The van der Waals surface area contributed by atoms with Crippen LogP contribution in [-0.2, 0) is 0 Å². The Morgan fingerprint density at radius 3 is 2.62 bits per heavy atom. The Morgan fingerprint density at radius 2 is 2.15 bits per heavy atom. The summed E-state index contributed by atoms with van der Waals surface area (Å²) < 4.78 is 0.608. The number of hydrogen-bond acceptors (Lipinski definition) is 1. The molecule has 1 aromatic rings. The maximum atomic E-state index is 10.8. The van der Waals surface area contributed by atoms with Gasteiger partial charge in [-0.25, -0.2) is 4.79 Å². The average Bonchev–Trinajstić information content (AvgIpc) is 2.04. The van der Waals surface area contributed by atoms with Crippen molar-refractivity contribution in [3.8, 4) is 0 Å². The second-order valence-electron chi connectivity index (χ2n) is 2.66. The number of carboxylic acids is 1. The highest BCUT2D eigenvalue weighted by Gasteiger charge is 2.10. The van der Waals surface area contributed by atoms with E-state index in [-0.39, 0.29) is 4.83 Å². The lowest BCUT2D eigenvalue weighted by Crippen LogP contribution is -1.99. The summed E-state index contributed by atoms with van der Waals surface area (Å²) >= 11 is 6.57. The van der Waals surface area contributed by atoms with E-state index in [0.717, 1.165) is 5.56 Å². The Bertz CT molecular complexity index is 334. The van der Waals surface area contributed by atoms with Gasteiger partial charge in [-0.3, -0.25) is 0 Å². The SMILES string of the molecule is CC(Br)c1ccc(Br)c(C(=O)O)c1. The number of hydrogen-bond donors (Lipinski definition) is 1. The zero-order chi connectivity index (χ0) is 10.0. The van der Waals surface area contributed by atoms with Crippen molar-refractivity contribution in [1.29, 1.82) is 0 Å². The predicted octanol–water partition coefficient (Wildman–Crippen LogP) is 3.60. The molecule has 2 nitrogen and oxygen atoms in total. The lowest BCUT2D eigenvalue weighted by molar-refractivity contribution is 0.0696. The number of rotatable bonds is 2. The van der Waals surface area contributed by atoms with Gasteiger partial charge in [-0.1, -0.05) is 22.0 Å². The van der Waals surface area contributed by atoms with Gasteiger partial charge in [-0.05, 0) is 40.5 Å². The molecule has 0 saturated heterocycles. The van der Waals surface area contributed by atoms with Gasteiger partial charge < -0.3 is 5.11 Å². The van der Waals surface area contributed by atoms with Crippen LogP contribution in [0, 0.1) is 0 Å². The van der Waals surface area contributed by atoms with Crippen molar-refractivity contribution in [3.63, 3.8) is 0 Å². The highest BCUT2D eigenvalue weighted by Crippen LogP contribution is 2.26. The molecule has 0 amide bonds. The third-order valence-electron chi connectivity index (χ3n) is 1.68. The van der Waals surface area contributed by atoms with Crippen molar-refractivity contribution >= 4 is 37.8 Å². The number of alkyl halides is 1. The second kappa shape index (κ2) is 4.24. The topological polar surface area (TPSA) is 37.3 Å². The fraction of sp³-hybridized carbons (Fsp3) is 0.222. The van der Waals surface area contributed by atoms with Crippen LogP contribution in [0.15, 0.2) is 22.7 Å². The quantitative estimate of drug-likeness (QED) is 0.848. The minimum absolute atomic E-state index is 0.165. The molecule has 1 N–H and O–H groups in total. The van der Waals surface area contributed by atoms with E-state index in [1.54, 1.807) is 12.1 Å². The molecule has 4 heteroatoms. The third-order valence-corrected chi connectivity index (χ3v) is 2.90. The van der Waals surface area contributed by atoms with Gasteiger partial charge in [0, 0.05) is 9.30 Å². The molecule has 0 bridgehead atoms. The molecular formula is C9H8Br2O2. The summed E-state index contributed by atoms with van der Waals surface area (Å²) in [5.74, 6) is -0.915. The minimum atomic E-state index is -0.915. The van der Waals surface area contributed by atoms with Gasteiger partial charge in [0.2, 0.25) is 0 Å². The normalized spacial score (nSPS) is 12.5. The second-order valence-corrected chi connectivity index (χ2v) is 4.89. The first kappa shape index (κ1) is 10.7. The standard InChI is InChI=1S/C9H8Br2O2/c1-5(10)6-2-3-8(11)7(4-6)9(12)13/h2-5H,1H3,(H,12,13). The van der Waals surface area contributed by atoms with Gasteiger partial charge in [-0.2, -0.15) is 0 Å². The molecule has 0 heterocycles. The first-order valence-electron chi connectivity index (χ1n) is 3.69. The van der Waals surface area contributed by atoms with Crippen molar-refractivity contribution in [2.75, 3.05) is 0 Å². The van der Waals surface area contributed by atoms with Gasteiger partial charge in [0.05, 0.1) is 5.56 Å². The fourth-order valence-electron chi connectivity index (χ4n) is 0.954. The zero-order valence-electron chi connectivity index (χ0n) is 6.92. The largest absolute Gasteiger partial charge is 0.478 e. The molecule has 0 radical (unpaired) electrons. The van der Waals surface area contributed by atoms with Gasteiger partial charge in [0.1, 0.15) is 0 Å². The summed E-state index contributed by atoms with van der Waals surface area (Å²) in [6.45, 7) is 1.95. The first-order chi connectivity index (χ1) is 6.02. The summed E-state index contributed by atoms with van der Waals surface area (Å²) in [6, 6.07) is 5.29. The van der Waals surface area contributed by atoms with Gasteiger partial charge in [0.25, 0.3) is 0 Å². The molecule has 1 unspecified atom stereocenters. The minimum Gasteiger partial charge on any atom is -0.478 e. The number of benzene rings is 1. The highest BCUT2D eigenvalue weighted by molar-refractivity contribution is 9.10. The van der Waals surface area contributed by atoms with Crippen LogP contribution in [0.5, 0.6) is 0 Å². The Kier molecular flexibility index (Phi) is 3.50. The van der Waals surface area contributed by atoms with Gasteiger partial charge >= 0.3 is 5.97 Å². The van der Waals surface area contributed by atoms with Crippen LogP contribution in [-0.4, -0.2) is 11.1 Å². The van der Waals surface area contributed by atoms with Crippen molar-refractivity contribution in [2.24, 2.45) is 0 Å². The Balaban J connectivity index is 3.19. The van der Waals surface area contributed by atoms with E-state index < -0.39 is 5.97 Å². The molecule has 70 valence electrons. The molecule has 0 aliphatic carbocycles. The van der Waals surface area contributed by atoms with Crippen molar-refractivity contribution < 1.29 is 9.90 Å². The first-order valence-corrected chi connectivity index (χ1v) is 5.40. The van der Waals surface area contributed by atoms with Gasteiger partial charge in [-0.15, -0.1) is 0 Å². The lowest BCUT2D eigenvalue weighted by atomic mass is 10.1. The molecule has 0 aliphatic heterocycles. The van der Waals surface area contributed by atoms with Gasteiger partial charge in [0.15, 0.2) is 0 Å². The smallest absolute Gasteiger partial charge is 0.336 e. The lowest BCUT2D eigenvalue weighted by Gasteiger charge is -2.05. The molecule has 1 atom stereocenters. The Morgan fingerprint density at radius 1 is 1.54 bits per heavy atom. The van der Waals surface area contributed by atoms with Crippen LogP contribution in [0.3, 0.4) is 0 Å². The molecule has 0 spiro atoms. The van der Waals surface area contributed by atoms with E-state index in [1.807, 2.05) is 13.0 Å². The maximum Gasteiger partial charge on any atom is 0.336 e. The molecule has 0 aliphatic rings. The van der Waals surface area contributed by atoms with Crippen molar-refractivity contribution in [3.05, 3.63) is 33.8 Å². The van der Waals surface area contributed by atoms with Crippen LogP contribution in [0.25, 0.3) is 0 Å². The number of aromatic carboxylic acids is 1. The fourth-order valence-corrected chi connectivity index (χ4v) is 1.66. The third kappa shape index (κ3) is 2.54. The van der Waals surface area contributed by atoms with E-state index in [0.29, 0.717) is 10.0 Å². The van der Waals surface area contributed by atoms with Crippen LogP contribution in [0.4, 0.5) is 0 Å². The monoisotopic (exact) mass is 306 g/mol. The highest BCUT2D eigenvalue weighted by atomic mass is 79.9. The predicted molar refractivity (Wildman–Crippen MR) is 58.4 cm³/mol. The Labute approximate surface area is 93.2 Å². The summed E-state index contributed by atoms with van der Waals surface area (Å²) in [5, 5.41) is 8.83. The van der Waals surface area contributed by atoms with Crippen LogP contribution >= 0.6 is 31.9 Å². The van der Waals surface area contributed by atoms with E-state index in [9.17, 15) is 4.79 Å². The summed E-state index contributed by atoms with van der Waals surface area (Å²) in [4.78, 5) is 10.9. The molecule has 0 aromatic heterocycles. The van der Waals surface area contributed by atoms with E-state index in [4.69, 9.17) is 5.11 Å². The Hall–Kier alpha value is -0.350. The summed E-state index contributed by atoms with van der Waals surface area (Å²) in [6.07, 6.45) is 0. The molecule has 1 rings (SSSR count). The molecule has 0 saturated carbocycles. The van der Waals surface area contributed by atoms with E-state index in [2.05, 4.69) is 31.9 Å². The zero-order valence-corrected chi connectivity index (χ0v) is 10.1. The van der Waals surface area contributed by atoms with Crippen LogP contribution < -0.4 is 0 Å². The van der Waals surface area contributed by atoms with Crippen molar-refractivity contribution in [2.45, 2.75) is 11.8 Å². The summed E-state index contributed by atoms with van der Waals surface area (Å²) in [7, 11) is 0.